The summed E-state index contributed by atoms with van der Waals surface area (Å²) < 4.78 is 50.5. The summed E-state index contributed by atoms with van der Waals surface area (Å²) in [6.45, 7) is 3.44. The molecule has 3 nitrogen and oxygen atoms in total. The van der Waals surface area contributed by atoms with Gasteiger partial charge in [0.25, 0.3) is 0 Å². The highest BCUT2D eigenvalue weighted by molar-refractivity contribution is 5.82. The van der Waals surface area contributed by atoms with Gasteiger partial charge in [0.15, 0.2) is 0 Å². The number of anilines is 1. The molecule has 1 heterocycles. The van der Waals surface area contributed by atoms with Crippen molar-refractivity contribution >= 4 is 11.6 Å². The maximum absolute atomic E-state index is 13.6. The first-order valence-electron chi connectivity index (χ1n) is 7.07. The van der Waals surface area contributed by atoms with Gasteiger partial charge < -0.3 is 10.6 Å². The minimum absolute atomic E-state index is 0.418. The first-order chi connectivity index (χ1) is 10.6. The van der Waals surface area contributed by atoms with Crippen LogP contribution in [0.5, 0.6) is 0 Å². The van der Waals surface area contributed by atoms with Crippen molar-refractivity contribution in [2.75, 3.05) is 11.9 Å². The molecule has 0 saturated heterocycles. The van der Waals surface area contributed by atoms with Gasteiger partial charge in [-0.2, -0.15) is 13.2 Å². The van der Waals surface area contributed by atoms with Crippen molar-refractivity contribution in [1.29, 1.82) is 0 Å². The van der Waals surface area contributed by atoms with Crippen LogP contribution >= 0.6 is 0 Å². The van der Waals surface area contributed by atoms with E-state index < -0.39 is 23.4 Å². The van der Waals surface area contributed by atoms with E-state index in [-0.39, 0.29) is 0 Å². The SMILES string of the molecule is CC(C)(C#Cc1cc(F)cc2c1CCCN2)NC(=O)C(F)(F)F. The summed E-state index contributed by atoms with van der Waals surface area (Å²) in [5.41, 5.74) is 0.510. The number of halogens is 4. The molecule has 1 aromatic rings. The molecule has 1 aliphatic rings. The van der Waals surface area contributed by atoms with Crippen LogP contribution in [-0.2, 0) is 11.2 Å². The molecule has 0 fully saturated rings. The second-order valence-corrected chi connectivity index (χ2v) is 5.84. The molecule has 0 aliphatic carbocycles. The number of carbonyl (C=O) groups excluding carboxylic acids is 1. The zero-order chi connectivity index (χ0) is 17.3. The molecule has 0 unspecified atom stereocenters. The Labute approximate surface area is 131 Å². The fraction of sp³-hybridized carbons (Fsp3) is 0.438. The Morgan fingerprint density at radius 2 is 2.00 bits per heavy atom. The predicted molar refractivity (Wildman–Crippen MR) is 78.4 cm³/mol. The zero-order valence-electron chi connectivity index (χ0n) is 12.7. The standard InChI is InChI=1S/C16H16F4N2O/c1-15(2,22-14(23)16(18,19)20)6-5-10-8-11(17)9-13-12(10)4-3-7-21-13/h8-9,21H,3-4,7H2,1-2H3,(H,22,23). The molecule has 1 aromatic carbocycles. The largest absolute Gasteiger partial charge is 0.471 e. The fourth-order valence-electron chi connectivity index (χ4n) is 2.27. The summed E-state index contributed by atoms with van der Waals surface area (Å²) in [7, 11) is 0. The molecule has 0 aromatic heterocycles. The quantitative estimate of drug-likeness (QED) is 0.615. The highest BCUT2D eigenvalue weighted by Gasteiger charge is 2.41. The zero-order valence-corrected chi connectivity index (χ0v) is 12.7. The van der Waals surface area contributed by atoms with Gasteiger partial charge in [0.2, 0.25) is 0 Å². The molecule has 2 rings (SSSR count). The third-order valence-electron chi connectivity index (χ3n) is 3.33. The Bertz CT molecular complexity index is 684. The lowest BCUT2D eigenvalue weighted by molar-refractivity contribution is -0.174. The number of rotatable bonds is 1. The number of benzene rings is 1. The van der Waals surface area contributed by atoms with Crippen molar-refractivity contribution in [3.8, 4) is 11.8 Å². The smallest absolute Gasteiger partial charge is 0.385 e. The first kappa shape index (κ1) is 17.1. The van der Waals surface area contributed by atoms with Gasteiger partial charge in [-0.05, 0) is 44.4 Å². The maximum Gasteiger partial charge on any atom is 0.471 e. The molecule has 0 radical (unpaired) electrons. The van der Waals surface area contributed by atoms with Gasteiger partial charge in [0, 0.05) is 17.8 Å². The second kappa shape index (κ2) is 6.11. The number of fused-ring (bicyclic) bond motifs is 1. The molecular weight excluding hydrogens is 312 g/mol. The van der Waals surface area contributed by atoms with Crippen molar-refractivity contribution < 1.29 is 22.4 Å². The Morgan fingerprint density at radius 1 is 1.30 bits per heavy atom. The summed E-state index contributed by atoms with van der Waals surface area (Å²) in [6, 6.07) is 2.62. The lowest BCUT2D eigenvalue weighted by Gasteiger charge is -2.21. The highest BCUT2D eigenvalue weighted by Crippen LogP contribution is 2.26. The van der Waals surface area contributed by atoms with Gasteiger partial charge in [-0.1, -0.05) is 11.8 Å². The van der Waals surface area contributed by atoms with Crippen molar-refractivity contribution in [2.24, 2.45) is 0 Å². The molecule has 0 bridgehead atoms. The number of amides is 1. The molecule has 7 heteroatoms. The summed E-state index contributed by atoms with van der Waals surface area (Å²) in [5.74, 6) is 2.75. The summed E-state index contributed by atoms with van der Waals surface area (Å²) in [5, 5.41) is 4.88. The molecule has 124 valence electrons. The van der Waals surface area contributed by atoms with Gasteiger partial charge >= 0.3 is 12.1 Å². The van der Waals surface area contributed by atoms with Crippen LogP contribution in [0.15, 0.2) is 12.1 Å². The third-order valence-corrected chi connectivity index (χ3v) is 3.33. The fourth-order valence-corrected chi connectivity index (χ4v) is 2.27. The second-order valence-electron chi connectivity index (χ2n) is 5.84. The van der Waals surface area contributed by atoms with Crippen molar-refractivity contribution in [2.45, 2.75) is 38.4 Å². The average molecular weight is 328 g/mol. The third kappa shape index (κ3) is 4.38. The molecule has 1 amide bonds. The Kier molecular flexibility index (Phi) is 4.55. The topological polar surface area (TPSA) is 41.1 Å². The Hall–Kier alpha value is -2.23. The van der Waals surface area contributed by atoms with Crippen molar-refractivity contribution in [3.05, 3.63) is 29.1 Å². The van der Waals surface area contributed by atoms with Crippen LogP contribution in [0.25, 0.3) is 0 Å². The van der Waals surface area contributed by atoms with Crippen LogP contribution < -0.4 is 10.6 Å². The van der Waals surface area contributed by atoms with Gasteiger partial charge in [-0.15, -0.1) is 0 Å². The minimum Gasteiger partial charge on any atom is -0.385 e. The van der Waals surface area contributed by atoms with Gasteiger partial charge in [-0.3, -0.25) is 4.79 Å². The van der Waals surface area contributed by atoms with E-state index in [1.165, 1.54) is 26.0 Å². The van der Waals surface area contributed by atoms with Crippen LogP contribution in [0, 0.1) is 17.7 Å². The molecule has 0 spiro atoms. The molecule has 0 saturated carbocycles. The summed E-state index contributed by atoms with van der Waals surface area (Å²) in [4.78, 5) is 11.0. The van der Waals surface area contributed by atoms with E-state index in [0.29, 0.717) is 17.7 Å². The first-order valence-corrected chi connectivity index (χ1v) is 7.07. The van der Waals surface area contributed by atoms with Crippen LogP contribution in [0.1, 0.15) is 31.4 Å². The van der Waals surface area contributed by atoms with E-state index in [9.17, 15) is 22.4 Å². The lowest BCUT2D eigenvalue weighted by atomic mass is 9.96. The van der Waals surface area contributed by atoms with Gasteiger partial charge in [-0.25, -0.2) is 4.39 Å². The lowest BCUT2D eigenvalue weighted by Crippen LogP contribution is -2.48. The number of hydrogen-bond acceptors (Lipinski definition) is 2. The van der Waals surface area contributed by atoms with E-state index in [1.54, 1.807) is 0 Å². The van der Waals surface area contributed by atoms with E-state index in [4.69, 9.17) is 0 Å². The van der Waals surface area contributed by atoms with Crippen molar-refractivity contribution in [1.82, 2.24) is 5.32 Å². The molecule has 0 atom stereocenters. The predicted octanol–water partition coefficient (Wildman–Crippen LogP) is 2.99. The Balaban J connectivity index is 2.27. The van der Waals surface area contributed by atoms with Gasteiger partial charge in [0.05, 0.1) is 5.54 Å². The summed E-state index contributed by atoms with van der Waals surface area (Å²) >= 11 is 0. The van der Waals surface area contributed by atoms with E-state index in [2.05, 4.69) is 17.2 Å². The number of hydrogen-bond donors (Lipinski definition) is 2. The van der Waals surface area contributed by atoms with Gasteiger partial charge in [0.1, 0.15) is 5.82 Å². The summed E-state index contributed by atoms with van der Waals surface area (Å²) in [6.07, 6.45) is -3.40. The van der Waals surface area contributed by atoms with Crippen LogP contribution in [0.3, 0.4) is 0 Å². The van der Waals surface area contributed by atoms with E-state index in [0.717, 1.165) is 18.5 Å². The number of carbonyl (C=O) groups is 1. The molecule has 1 aliphatic heterocycles. The van der Waals surface area contributed by atoms with E-state index >= 15 is 0 Å². The average Bonchev–Trinajstić information content (AvgIpc) is 2.43. The van der Waals surface area contributed by atoms with Crippen molar-refractivity contribution in [3.63, 3.8) is 0 Å². The Morgan fingerprint density at radius 3 is 2.65 bits per heavy atom. The van der Waals surface area contributed by atoms with Crippen LogP contribution in [0.4, 0.5) is 23.2 Å². The van der Waals surface area contributed by atoms with E-state index in [1.807, 2.05) is 5.32 Å². The monoisotopic (exact) mass is 328 g/mol. The number of nitrogens with one attached hydrogen (secondary N) is 2. The maximum atomic E-state index is 13.6. The van der Waals surface area contributed by atoms with Crippen LogP contribution in [0.2, 0.25) is 0 Å². The number of alkyl halides is 3. The molecule has 23 heavy (non-hydrogen) atoms. The minimum atomic E-state index is -4.97. The molecule has 2 N–H and O–H groups in total. The normalized spacial score (nSPS) is 14.2. The highest BCUT2D eigenvalue weighted by atomic mass is 19.4. The van der Waals surface area contributed by atoms with Crippen LogP contribution in [-0.4, -0.2) is 24.2 Å². The molecular formula is C16H16F4N2O.